The maximum atomic E-state index is 11.3. The third kappa shape index (κ3) is 2.44. The number of carbonyl (C=O) groups excluding carboxylic acids is 1. The molecule has 0 aliphatic heterocycles. The van der Waals surface area contributed by atoms with Crippen molar-refractivity contribution in [3.05, 3.63) is 28.7 Å². The van der Waals surface area contributed by atoms with Crippen LogP contribution >= 0.6 is 15.9 Å². The fourth-order valence-corrected chi connectivity index (χ4v) is 2.04. The number of carbonyl (C=O) groups is 1. The van der Waals surface area contributed by atoms with Gasteiger partial charge in [-0.1, -0.05) is 22.0 Å². The largest absolute Gasteiger partial charge is 0.487 e. The lowest BCUT2D eigenvalue weighted by Crippen LogP contribution is -2.52. The smallest absolute Gasteiger partial charge is 0.169 e. The molecule has 4 heteroatoms. The summed E-state index contributed by atoms with van der Waals surface area (Å²) in [5.74, 6) is 0.887. The summed E-state index contributed by atoms with van der Waals surface area (Å²) in [6.07, 6.45) is -0.0808. The van der Waals surface area contributed by atoms with E-state index in [1.165, 1.54) is 0 Å². The highest BCUT2D eigenvalue weighted by Crippen LogP contribution is 2.27. The van der Waals surface area contributed by atoms with Crippen LogP contribution in [0.2, 0.25) is 0 Å². The van der Waals surface area contributed by atoms with E-state index in [1.807, 2.05) is 31.2 Å². The third-order valence-corrected chi connectivity index (χ3v) is 2.98. The zero-order valence-corrected chi connectivity index (χ0v) is 10.6. The van der Waals surface area contributed by atoms with Crippen LogP contribution in [-0.2, 0) is 9.53 Å². The van der Waals surface area contributed by atoms with E-state index in [0.29, 0.717) is 13.0 Å². The molecule has 0 N–H and O–H groups in total. The van der Waals surface area contributed by atoms with E-state index in [1.54, 1.807) is 0 Å². The van der Waals surface area contributed by atoms with Crippen molar-refractivity contribution in [2.24, 2.45) is 0 Å². The van der Waals surface area contributed by atoms with Crippen LogP contribution in [0, 0.1) is 0 Å². The van der Waals surface area contributed by atoms with Gasteiger partial charge in [0.25, 0.3) is 0 Å². The van der Waals surface area contributed by atoms with Crippen molar-refractivity contribution >= 4 is 21.7 Å². The fraction of sp³-hybridized carbons (Fsp3) is 0.417. The molecular weight excluding hydrogens is 272 g/mol. The highest BCUT2D eigenvalue weighted by atomic mass is 79.9. The number of ketones is 1. The average Bonchev–Trinajstić information content (AvgIpc) is 2.26. The summed E-state index contributed by atoms with van der Waals surface area (Å²) in [5, 5.41) is 0. The molecule has 1 aliphatic rings. The Morgan fingerprint density at radius 3 is 2.94 bits per heavy atom. The lowest BCUT2D eigenvalue weighted by atomic mass is 9.90. The Morgan fingerprint density at radius 2 is 2.31 bits per heavy atom. The minimum absolute atomic E-state index is 0.127. The molecule has 3 nitrogen and oxygen atoms in total. The molecule has 0 bridgehead atoms. The average molecular weight is 285 g/mol. The predicted octanol–water partition coefficient (Wildman–Crippen LogP) is 2.57. The van der Waals surface area contributed by atoms with Crippen molar-refractivity contribution in [1.82, 2.24) is 0 Å². The molecule has 2 unspecified atom stereocenters. The van der Waals surface area contributed by atoms with Crippen molar-refractivity contribution in [2.45, 2.75) is 25.6 Å². The molecule has 2 rings (SSSR count). The second-order valence-corrected chi connectivity index (χ2v) is 4.58. The van der Waals surface area contributed by atoms with Gasteiger partial charge in [-0.05, 0) is 25.1 Å². The minimum Gasteiger partial charge on any atom is -0.487 e. The first-order chi connectivity index (χ1) is 7.70. The minimum atomic E-state index is -0.385. The Balaban J connectivity index is 1.98. The summed E-state index contributed by atoms with van der Waals surface area (Å²) >= 11 is 3.37. The van der Waals surface area contributed by atoms with E-state index in [9.17, 15) is 4.79 Å². The van der Waals surface area contributed by atoms with Crippen LogP contribution in [0.25, 0.3) is 0 Å². The topological polar surface area (TPSA) is 35.5 Å². The molecule has 1 aliphatic carbocycles. The second-order valence-electron chi connectivity index (χ2n) is 3.66. The first-order valence-electron chi connectivity index (χ1n) is 5.27. The van der Waals surface area contributed by atoms with E-state index in [-0.39, 0.29) is 18.0 Å². The second kappa shape index (κ2) is 4.97. The molecule has 1 fully saturated rings. The van der Waals surface area contributed by atoms with Crippen molar-refractivity contribution < 1.29 is 14.3 Å². The Hall–Kier alpha value is -0.870. The maximum absolute atomic E-state index is 11.3. The van der Waals surface area contributed by atoms with Crippen molar-refractivity contribution in [1.29, 1.82) is 0 Å². The number of ether oxygens (including phenoxy) is 2. The third-order valence-electron chi connectivity index (χ3n) is 2.49. The van der Waals surface area contributed by atoms with Gasteiger partial charge in [0.2, 0.25) is 0 Å². The first-order valence-corrected chi connectivity index (χ1v) is 6.06. The van der Waals surface area contributed by atoms with E-state index in [4.69, 9.17) is 9.47 Å². The number of hydrogen-bond acceptors (Lipinski definition) is 3. The van der Waals surface area contributed by atoms with E-state index < -0.39 is 0 Å². The molecule has 1 aromatic rings. The highest BCUT2D eigenvalue weighted by Gasteiger charge is 2.42. The van der Waals surface area contributed by atoms with Crippen molar-refractivity contribution in [3.63, 3.8) is 0 Å². The number of Topliss-reactive ketones (excluding diaryl/α,β-unsaturated/α-hetero) is 1. The zero-order chi connectivity index (χ0) is 11.5. The lowest BCUT2D eigenvalue weighted by molar-refractivity contribution is -0.154. The summed E-state index contributed by atoms with van der Waals surface area (Å²) in [5.41, 5.74) is 0. The summed E-state index contributed by atoms with van der Waals surface area (Å²) in [7, 11) is 0. The molecule has 1 saturated carbocycles. The first kappa shape index (κ1) is 11.6. The van der Waals surface area contributed by atoms with Gasteiger partial charge in [0.05, 0.1) is 0 Å². The Morgan fingerprint density at radius 1 is 1.50 bits per heavy atom. The van der Waals surface area contributed by atoms with Gasteiger partial charge in [-0.15, -0.1) is 0 Å². The number of hydrogen-bond donors (Lipinski definition) is 0. The van der Waals surface area contributed by atoms with Gasteiger partial charge in [0.15, 0.2) is 11.9 Å². The summed E-state index contributed by atoms with van der Waals surface area (Å²) in [6, 6.07) is 7.58. The summed E-state index contributed by atoms with van der Waals surface area (Å²) < 4.78 is 12.0. The van der Waals surface area contributed by atoms with Crippen LogP contribution in [0.3, 0.4) is 0 Å². The molecule has 0 spiro atoms. The Kier molecular flexibility index (Phi) is 3.61. The summed E-state index contributed by atoms with van der Waals surface area (Å²) in [4.78, 5) is 11.3. The van der Waals surface area contributed by atoms with Gasteiger partial charge >= 0.3 is 0 Å². The standard InChI is InChI=1S/C12H13BrO3/c1-2-15-12-10(14)7-11(12)16-9-5-3-4-8(13)6-9/h3-6,11-12H,2,7H2,1H3. The van der Waals surface area contributed by atoms with Crippen molar-refractivity contribution in [3.8, 4) is 5.75 Å². The summed E-state index contributed by atoms with van der Waals surface area (Å²) in [6.45, 7) is 2.41. The molecule has 2 atom stereocenters. The lowest BCUT2D eigenvalue weighted by Gasteiger charge is -2.34. The van der Waals surface area contributed by atoms with Crippen LogP contribution < -0.4 is 4.74 Å². The number of halogens is 1. The monoisotopic (exact) mass is 284 g/mol. The maximum Gasteiger partial charge on any atom is 0.169 e. The van der Waals surface area contributed by atoms with Gasteiger partial charge in [0.1, 0.15) is 11.9 Å². The normalized spacial score (nSPS) is 24.0. The van der Waals surface area contributed by atoms with Gasteiger partial charge < -0.3 is 9.47 Å². The van der Waals surface area contributed by atoms with E-state index in [0.717, 1.165) is 10.2 Å². The molecule has 0 aromatic heterocycles. The zero-order valence-electron chi connectivity index (χ0n) is 8.98. The molecular formula is C12H13BrO3. The van der Waals surface area contributed by atoms with E-state index >= 15 is 0 Å². The highest BCUT2D eigenvalue weighted by molar-refractivity contribution is 9.10. The Bertz CT molecular complexity index is 392. The van der Waals surface area contributed by atoms with Gasteiger partial charge in [-0.2, -0.15) is 0 Å². The molecule has 0 saturated heterocycles. The van der Waals surface area contributed by atoms with Crippen LogP contribution in [0.4, 0.5) is 0 Å². The van der Waals surface area contributed by atoms with Crippen molar-refractivity contribution in [2.75, 3.05) is 6.61 Å². The fourth-order valence-electron chi connectivity index (χ4n) is 1.67. The molecule has 16 heavy (non-hydrogen) atoms. The molecule has 86 valence electrons. The Labute approximate surface area is 103 Å². The molecule has 1 aromatic carbocycles. The quantitative estimate of drug-likeness (QED) is 0.853. The van der Waals surface area contributed by atoms with E-state index in [2.05, 4.69) is 15.9 Å². The number of benzene rings is 1. The SMILES string of the molecule is CCOC1C(=O)CC1Oc1cccc(Br)c1. The van der Waals surface area contributed by atoms with Crippen LogP contribution in [0.5, 0.6) is 5.75 Å². The predicted molar refractivity (Wildman–Crippen MR) is 63.6 cm³/mol. The molecule has 0 heterocycles. The molecule has 0 radical (unpaired) electrons. The van der Waals surface area contributed by atoms with Crippen LogP contribution in [0.1, 0.15) is 13.3 Å². The van der Waals surface area contributed by atoms with Crippen LogP contribution in [0.15, 0.2) is 28.7 Å². The van der Waals surface area contributed by atoms with Gasteiger partial charge in [-0.25, -0.2) is 0 Å². The van der Waals surface area contributed by atoms with Gasteiger partial charge in [0, 0.05) is 17.5 Å². The number of rotatable bonds is 4. The van der Waals surface area contributed by atoms with Gasteiger partial charge in [-0.3, -0.25) is 4.79 Å². The van der Waals surface area contributed by atoms with Crippen LogP contribution in [-0.4, -0.2) is 24.6 Å². The molecule has 0 amide bonds.